The molecular formula is C25H33N3O2S. The fourth-order valence-electron chi connectivity index (χ4n) is 3.06. The summed E-state index contributed by atoms with van der Waals surface area (Å²) in [4.78, 5) is 24.6. The van der Waals surface area contributed by atoms with Crippen molar-refractivity contribution in [2.45, 2.75) is 65.2 Å². The number of carbonyl (C=O) groups excluding carboxylic acids is 2. The van der Waals surface area contributed by atoms with Crippen molar-refractivity contribution in [3.8, 4) is 0 Å². The molecule has 2 amide bonds. The molecule has 0 aliphatic rings. The van der Waals surface area contributed by atoms with Crippen LogP contribution in [-0.2, 0) is 10.2 Å². The van der Waals surface area contributed by atoms with Gasteiger partial charge in [0.05, 0.1) is 0 Å². The van der Waals surface area contributed by atoms with E-state index in [0.717, 1.165) is 25.7 Å². The maximum Gasteiger partial charge on any atom is 0.255 e. The summed E-state index contributed by atoms with van der Waals surface area (Å²) in [7, 11) is 0. The predicted molar refractivity (Wildman–Crippen MR) is 133 cm³/mol. The Morgan fingerprint density at radius 1 is 0.903 bits per heavy atom. The smallest absolute Gasteiger partial charge is 0.255 e. The third-order valence-corrected chi connectivity index (χ3v) is 5.11. The van der Waals surface area contributed by atoms with Gasteiger partial charge in [-0.3, -0.25) is 9.59 Å². The van der Waals surface area contributed by atoms with Crippen LogP contribution in [0.5, 0.6) is 0 Å². The number of hydrogen-bond donors (Lipinski definition) is 3. The predicted octanol–water partition coefficient (Wildman–Crippen LogP) is 6.02. The van der Waals surface area contributed by atoms with Crippen LogP contribution in [0.4, 0.5) is 11.4 Å². The first-order valence-corrected chi connectivity index (χ1v) is 11.2. The molecule has 3 N–H and O–H groups in total. The monoisotopic (exact) mass is 439 g/mol. The molecule has 5 nitrogen and oxygen atoms in total. The summed E-state index contributed by atoms with van der Waals surface area (Å²) < 4.78 is 0. The lowest BCUT2D eigenvalue weighted by atomic mass is 9.87. The Morgan fingerprint density at radius 3 is 2.16 bits per heavy atom. The summed E-state index contributed by atoms with van der Waals surface area (Å²) in [5.74, 6) is -0.266. The van der Waals surface area contributed by atoms with Crippen molar-refractivity contribution in [1.29, 1.82) is 0 Å². The van der Waals surface area contributed by atoms with Gasteiger partial charge in [-0.2, -0.15) is 0 Å². The molecule has 0 fully saturated rings. The molecule has 0 saturated carbocycles. The highest BCUT2D eigenvalue weighted by Crippen LogP contribution is 2.23. The number of amides is 2. The van der Waals surface area contributed by atoms with Crippen LogP contribution in [0.25, 0.3) is 0 Å². The molecular weight excluding hydrogens is 406 g/mol. The SMILES string of the molecule is CCCCCCC(=O)NC(=S)Nc1cccc(NC(=O)c2ccc(C(C)(C)C)cc2)c1. The van der Waals surface area contributed by atoms with Crippen molar-refractivity contribution < 1.29 is 9.59 Å². The van der Waals surface area contributed by atoms with Gasteiger partial charge in [-0.05, 0) is 59.9 Å². The Hall–Kier alpha value is -2.73. The molecule has 0 unspecified atom stereocenters. The Morgan fingerprint density at radius 2 is 1.55 bits per heavy atom. The van der Waals surface area contributed by atoms with Gasteiger partial charge in [0.1, 0.15) is 0 Å². The van der Waals surface area contributed by atoms with Crippen LogP contribution < -0.4 is 16.0 Å². The van der Waals surface area contributed by atoms with Gasteiger partial charge in [0.15, 0.2) is 5.11 Å². The van der Waals surface area contributed by atoms with Crippen LogP contribution >= 0.6 is 12.2 Å². The highest BCUT2D eigenvalue weighted by atomic mass is 32.1. The molecule has 166 valence electrons. The van der Waals surface area contributed by atoms with Crippen LogP contribution in [0.1, 0.15) is 75.7 Å². The topological polar surface area (TPSA) is 70.2 Å². The molecule has 0 aliphatic carbocycles. The number of anilines is 2. The highest BCUT2D eigenvalue weighted by Gasteiger charge is 2.14. The largest absolute Gasteiger partial charge is 0.332 e. The van der Waals surface area contributed by atoms with Crippen molar-refractivity contribution >= 4 is 40.5 Å². The third kappa shape index (κ3) is 8.50. The van der Waals surface area contributed by atoms with Gasteiger partial charge in [-0.1, -0.05) is 65.2 Å². The molecule has 0 aliphatic heterocycles. The molecule has 0 heterocycles. The second-order valence-electron chi connectivity index (χ2n) is 8.68. The summed E-state index contributed by atoms with van der Waals surface area (Å²) in [6.45, 7) is 8.55. The normalized spacial score (nSPS) is 11.0. The minimum absolute atomic E-state index is 0.0400. The molecule has 2 aromatic carbocycles. The lowest BCUT2D eigenvalue weighted by molar-refractivity contribution is -0.119. The summed E-state index contributed by atoms with van der Waals surface area (Å²) >= 11 is 5.23. The summed E-state index contributed by atoms with van der Waals surface area (Å²) in [5.41, 5.74) is 3.15. The third-order valence-electron chi connectivity index (χ3n) is 4.90. The number of hydrogen-bond acceptors (Lipinski definition) is 3. The van der Waals surface area contributed by atoms with Crippen LogP contribution in [0.3, 0.4) is 0 Å². The van der Waals surface area contributed by atoms with Crippen molar-refractivity contribution in [2.24, 2.45) is 0 Å². The fraction of sp³-hybridized carbons (Fsp3) is 0.400. The molecule has 0 saturated heterocycles. The fourth-order valence-corrected chi connectivity index (χ4v) is 3.30. The van der Waals surface area contributed by atoms with E-state index in [4.69, 9.17) is 12.2 Å². The van der Waals surface area contributed by atoms with Gasteiger partial charge in [0.2, 0.25) is 5.91 Å². The van der Waals surface area contributed by atoms with E-state index in [-0.39, 0.29) is 22.3 Å². The van der Waals surface area contributed by atoms with Crippen LogP contribution in [0.15, 0.2) is 48.5 Å². The number of benzene rings is 2. The molecule has 0 bridgehead atoms. The van der Waals surface area contributed by atoms with Gasteiger partial charge in [-0.25, -0.2) is 0 Å². The number of nitrogens with one attached hydrogen (secondary N) is 3. The maximum absolute atomic E-state index is 12.6. The van der Waals surface area contributed by atoms with E-state index in [0.29, 0.717) is 23.4 Å². The lowest BCUT2D eigenvalue weighted by Gasteiger charge is -2.19. The van der Waals surface area contributed by atoms with E-state index in [2.05, 4.69) is 43.6 Å². The zero-order valence-corrected chi connectivity index (χ0v) is 19.7. The molecule has 0 aromatic heterocycles. The maximum atomic E-state index is 12.6. The first kappa shape index (κ1) is 24.5. The molecule has 0 spiro atoms. The summed E-state index contributed by atoms with van der Waals surface area (Å²) in [6.07, 6.45) is 4.64. The molecule has 2 aromatic rings. The number of unbranched alkanes of at least 4 members (excludes halogenated alkanes) is 3. The van der Waals surface area contributed by atoms with Gasteiger partial charge in [0.25, 0.3) is 5.91 Å². The van der Waals surface area contributed by atoms with Gasteiger partial charge < -0.3 is 16.0 Å². The molecule has 2 rings (SSSR count). The van der Waals surface area contributed by atoms with Crippen molar-refractivity contribution in [1.82, 2.24) is 5.32 Å². The quantitative estimate of drug-likeness (QED) is 0.347. The number of rotatable bonds is 8. The van der Waals surface area contributed by atoms with Crippen molar-refractivity contribution in [3.63, 3.8) is 0 Å². The Balaban J connectivity index is 1.90. The molecule has 31 heavy (non-hydrogen) atoms. The second-order valence-corrected chi connectivity index (χ2v) is 9.08. The number of carbonyl (C=O) groups is 2. The summed E-state index contributed by atoms with van der Waals surface area (Å²) in [5, 5.41) is 8.86. The van der Waals surface area contributed by atoms with Gasteiger partial charge >= 0.3 is 0 Å². The van der Waals surface area contributed by atoms with Crippen LogP contribution in [0.2, 0.25) is 0 Å². The van der Waals surface area contributed by atoms with Crippen molar-refractivity contribution in [3.05, 3.63) is 59.7 Å². The van der Waals surface area contributed by atoms with E-state index in [1.807, 2.05) is 42.5 Å². The standard InChI is InChI=1S/C25H33N3O2S/c1-5-6-7-8-12-22(29)28-24(31)27-21-11-9-10-20(17-21)26-23(30)18-13-15-19(16-14-18)25(2,3)4/h9-11,13-17H,5-8,12H2,1-4H3,(H,26,30)(H2,27,28,29,31). The Kier molecular flexibility index (Phi) is 9.19. The first-order chi connectivity index (χ1) is 14.7. The second kappa shape index (κ2) is 11.6. The van der Waals surface area contributed by atoms with Crippen molar-refractivity contribution in [2.75, 3.05) is 10.6 Å². The van der Waals surface area contributed by atoms with Crippen LogP contribution in [-0.4, -0.2) is 16.9 Å². The van der Waals surface area contributed by atoms with E-state index >= 15 is 0 Å². The minimum Gasteiger partial charge on any atom is -0.332 e. The van der Waals surface area contributed by atoms with E-state index < -0.39 is 0 Å². The average molecular weight is 440 g/mol. The molecule has 0 radical (unpaired) electrons. The van der Waals surface area contributed by atoms with Crippen LogP contribution in [0, 0.1) is 0 Å². The zero-order chi connectivity index (χ0) is 22.9. The molecule has 0 atom stereocenters. The lowest BCUT2D eigenvalue weighted by Crippen LogP contribution is -2.33. The van der Waals surface area contributed by atoms with E-state index in [9.17, 15) is 9.59 Å². The summed E-state index contributed by atoms with van der Waals surface area (Å²) in [6, 6.07) is 14.9. The van der Waals surface area contributed by atoms with Gasteiger partial charge in [0, 0.05) is 23.4 Å². The van der Waals surface area contributed by atoms with E-state index in [1.54, 1.807) is 6.07 Å². The minimum atomic E-state index is -0.180. The van der Waals surface area contributed by atoms with Gasteiger partial charge in [-0.15, -0.1) is 0 Å². The average Bonchev–Trinajstić information content (AvgIpc) is 2.71. The highest BCUT2D eigenvalue weighted by molar-refractivity contribution is 7.80. The Labute approximate surface area is 191 Å². The molecule has 6 heteroatoms. The van der Waals surface area contributed by atoms with E-state index in [1.165, 1.54) is 5.56 Å². The Bertz CT molecular complexity index is 902. The zero-order valence-electron chi connectivity index (χ0n) is 18.9. The number of thiocarbonyl (C=S) groups is 1. The first-order valence-electron chi connectivity index (χ1n) is 10.8.